The van der Waals surface area contributed by atoms with Crippen LogP contribution in [0.2, 0.25) is 10.0 Å². The molecule has 0 unspecified atom stereocenters. The molecule has 9 heteroatoms. The van der Waals surface area contributed by atoms with Gasteiger partial charge >= 0.3 is 6.09 Å². The average molecular weight is 548 g/mol. The number of benzene rings is 1. The summed E-state index contributed by atoms with van der Waals surface area (Å²) in [6.07, 6.45) is 5.16. The van der Waals surface area contributed by atoms with Gasteiger partial charge in [0, 0.05) is 43.7 Å². The standard InChI is InChI=1S/C28H36Cl2N4O3/c1-27(2,3)37-26(36)32-21-10-15-33(16-11-21)17-13-28(20-7-8-22(29)23(30)18-20)12-9-25(35)34(19-28)24-6-4-5-14-31-24/h4-8,14,18,21H,9-13,15-17,19H2,1-3H3,(H,32,36)/t28-/m1/s1. The summed E-state index contributed by atoms with van der Waals surface area (Å²) >= 11 is 12.7. The first-order valence-corrected chi connectivity index (χ1v) is 13.7. The number of anilines is 1. The van der Waals surface area contributed by atoms with Crippen molar-refractivity contribution in [2.45, 2.75) is 69.9 Å². The fraction of sp³-hybridized carbons (Fsp3) is 0.536. The number of hydrogen-bond acceptors (Lipinski definition) is 5. The fourth-order valence-electron chi connectivity index (χ4n) is 5.23. The lowest BCUT2D eigenvalue weighted by Gasteiger charge is -2.44. The van der Waals surface area contributed by atoms with E-state index in [4.69, 9.17) is 27.9 Å². The van der Waals surface area contributed by atoms with Gasteiger partial charge in [0.15, 0.2) is 0 Å². The first kappa shape index (κ1) is 27.7. The fourth-order valence-corrected chi connectivity index (χ4v) is 5.53. The molecule has 0 spiro atoms. The van der Waals surface area contributed by atoms with Crippen molar-refractivity contribution in [1.29, 1.82) is 0 Å². The minimum absolute atomic E-state index is 0.0865. The Labute approximate surface area is 229 Å². The molecule has 1 atom stereocenters. The Morgan fingerprint density at radius 1 is 1.16 bits per heavy atom. The van der Waals surface area contributed by atoms with Crippen LogP contribution in [0, 0.1) is 0 Å². The predicted molar refractivity (Wildman–Crippen MR) is 147 cm³/mol. The van der Waals surface area contributed by atoms with Gasteiger partial charge in [-0.3, -0.25) is 9.69 Å². The number of carbonyl (C=O) groups is 2. The zero-order valence-corrected chi connectivity index (χ0v) is 23.3. The molecular weight excluding hydrogens is 511 g/mol. The molecule has 0 saturated carbocycles. The van der Waals surface area contributed by atoms with Crippen molar-refractivity contribution in [3.05, 3.63) is 58.2 Å². The third-order valence-corrected chi connectivity index (χ3v) is 7.99. The maximum absolute atomic E-state index is 12.9. The monoisotopic (exact) mass is 546 g/mol. The molecule has 1 aromatic heterocycles. The summed E-state index contributed by atoms with van der Waals surface area (Å²) in [6.45, 7) is 8.80. The Balaban J connectivity index is 1.45. The molecule has 2 aliphatic heterocycles. The van der Waals surface area contributed by atoms with Gasteiger partial charge < -0.3 is 15.0 Å². The highest BCUT2D eigenvalue weighted by Crippen LogP contribution is 2.41. The molecule has 0 aliphatic carbocycles. The van der Waals surface area contributed by atoms with Crippen LogP contribution < -0.4 is 10.2 Å². The molecule has 2 aliphatic rings. The minimum atomic E-state index is -0.506. The van der Waals surface area contributed by atoms with Crippen molar-refractivity contribution in [3.63, 3.8) is 0 Å². The van der Waals surface area contributed by atoms with E-state index in [-0.39, 0.29) is 23.5 Å². The van der Waals surface area contributed by atoms with Gasteiger partial charge in [-0.05, 0) is 82.8 Å². The van der Waals surface area contributed by atoms with Crippen molar-refractivity contribution in [1.82, 2.24) is 15.2 Å². The normalized spacial score (nSPS) is 21.6. The molecule has 7 nitrogen and oxygen atoms in total. The Morgan fingerprint density at radius 2 is 1.92 bits per heavy atom. The first-order chi connectivity index (χ1) is 17.5. The number of piperidine rings is 2. The summed E-state index contributed by atoms with van der Waals surface area (Å²) in [5, 5.41) is 4.05. The van der Waals surface area contributed by atoms with Gasteiger partial charge in [-0.25, -0.2) is 9.78 Å². The van der Waals surface area contributed by atoms with Crippen molar-refractivity contribution in [2.75, 3.05) is 31.1 Å². The zero-order valence-electron chi connectivity index (χ0n) is 21.8. The van der Waals surface area contributed by atoms with Crippen LogP contribution in [0.1, 0.15) is 58.4 Å². The molecule has 4 rings (SSSR count). The van der Waals surface area contributed by atoms with Crippen LogP contribution in [-0.4, -0.2) is 59.7 Å². The molecule has 2 fully saturated rings. The summed E-state index contributed by atoms with van der Waals surface area (Å²) in [5.74, 6) is 0.758. The van der Waals surface area contributed by atoms with Crippen LogP contribution in [0.25, 0.3) is 0 Å². The molecule has 0 bridgehead atoms. The van der Waals surface area contributed by atoms with Gasteiger partial charge in [0.05, 0.1) is 10.0 Å². The van der Waals surface area contributed by atoms with Gasteiger partial charge in [0.1, 0.15) is 11.4 Å². The number of pyridine rings is 1. The summed E-state index contributed by atoms with van der Waals surface area (Å²) < 4.78 is 5.41. The molecule has 2 amide bonds. The molecule has 3 heterocycles. The molecule has 1 aromatic carbocycles. The topological polar surface area (TPSA) is 74.8 Å². The molecule has 0 radical (unpaired) electrons. The Kier molecular flexibility index (Phi) is 8.66. The highest BCUT2D eigenvalue weighted by Gasteiger charge is 2.41. The predicted octanol–water partition coefficient (Wildman–Crippen LogP) is 5.83. The number of aromatic nitrogens is 1. The number of carbonyl (C=O) groups excluding carboxylic acids is 2. The van der Waals surface area contributed by atoms with Crippen molar-refractivity contribution in [3.8, 4) is 0 Å². The maximum atomic E-state index is 12.9. The van der Waals surface area contributed by atoms with E-state index < -0.39 is 5.60 Å². The van der Waals surface area contributed by atoms with Crippen molar-refractivity contribution >= 4 is 41.0 Å². The summed E-state index contributed by atoms with van der Waals surface area (Å²) in [7, 11) is 0. The van der Waals surface area contributed by atoms with E-state index in [2.05, 4.69) is 15.2 Å². The third kappa shape index (κ3) is 7.15. The highest BCUT2D eigenvalue weighted by atomic mass is 35.5. The minimum Gasteiger partial charge on any atom is -0.444 e. The van der Waals surface area contributed by atoms with Crippen molar-refractivity contribution < 1.29 is 14.3 Å². The first-order valence-electron chi connectivity index (χ1n) is 12.9. The summed E-state index contributed by atoms with van der Waals surface area (Å²) in [5.41, 5.74) is 0.316. The summed E-state index contributed by atoms with van der Waals surface area (Å²) in [6, 6.07) is 11.6. The van der Waals surface area contributed by atoms with Crippen LogP contribution in [0.3, 0.4) is 0 Å². The molecule has 2 saturated heterocycles. The van der Waals surface area contributed by atoms with Gasteiger partial charge in [0.25, 0.3) is 0 Å². The number of halogens is 2. The number of nitrogens with one attached hydrogen (secondary N) is 1. The van der Waals surface area contributed by atoms with Gasteiger partial charge in [-0.15, -0.1) is 0 Å². The van der Waals surface area contributed by atoms with Gasteiger partial charge in [-0.2, -0.15) is 0 Å². The summed E-state index contributed by atoms with van der Waals surface area (Å²) in [4.78, 5) is 33.8. The smallest absolute Gasteiger partial charge is 0.407 e. The van der Waals surface area contributed by atoms with Crippen molar-refractivity contribution in [2.24, 2.45) is 0 Å². The lowest BCUT2D eigenvalue weighted by Crippen LogP contribution is -2.51. The Hall–Kier alpha value is -2.35. The number of amides is 2. The SMILES string of the molecule is CC(C)(C)OC(=O)NC1CCN(CC[C@]2(c3ccc(Cl)c(Cl)c3)CCC(=O)N(c3ccccn3)C2)CC1. The zero-order chi connectivity index (χ0) is 26.6. The van der Waals surface area contributed by atoms with E-state index in [0.29, 0.717) is 28.8 Å². The number of likely N-dealkylation sites (tertiary alicyclic amines) is 1. The second-order valence-corrected chi connectivity index (χ2v) is 11.9. The van der Waals surface area contributed by atoms with Crippen LogP contribution in [0.15, 0.2) is 42.6 Å². The van der Waals surface area contributed by atoms with E-state index >= 15 is 0 Å². The Bertz CT molecular complexity index is 1100. The molecule has 37 heavy (non-hydrogen) atoms. The highest BCUT2D eigenvalue weighted by molar-refractivity contribution is 6.42. The lowest BCUT2D eigenvalue weighted by molar-refractivity contribution is -0.120. The molecule has 1 N–H and O–H groups in total. The molecule has 200 valence electrons. The number of nitrogens with zero attached hydrogens (tertiary/aromatic N) is 3. The Morgan fingerprint density at radius 3 is 2.57 bits per heavy atom. The third-order valence-electron chi connectivity index (χ3n) is 7.25. The number of rotatable bonds is 6. The van der Waals surface area contributed by atoms with E-state index in [1.807, 2.05) is 62.1 Å². The van der Waals surface area contributed by atoms with Crippen LogP contribution in [-0.2, 0) is 14.9 Å². The van der Waals surface area contributed by atoms with Crippen LogP contribution >= 0.6 is 23.2 Å². The van der Waals surface area contributed by atoms with E-state index in [1.54, 1.807) is 6.20 Å². The van der Waals surface area contributed by atoms with Crippen LogP contribution in [0.5, 0.6) is 0 Å². The van der Waals surface area contributed by atoms with Gasteiger partial charge in [0.2, 0.25) is 5.91 Å². The molecular formula is C28H36Cl2N4O3. The molecule has 2 aromatic rings. The second-order valence-electron chi connectivity index (χ2n) is 11.1. The van der Waals surface area contributed by atoms with E-state index in [1.165, 1.54) is 0 Å². The quantitative estimate of drug-likeness (QED) is 0.493. The van der Waals surface area contributed by atoms with Gasteiger partial charge in [-0.1, -0.05) is 35.3 Å². The number of hydrogen-bond donors (Lipinski definition) is 1. The van der Waals surface area contributed by atoms with Crippen LogP contribution in [0.4, 0.5) is 10.6 Å². The largest absolute Gasteiger partial charge is 0.444 e. The number of ether oxygens (including phenoxy) is 1. The second kappa shape index (κ2) is 11.6. The lowest BCUT2D eigenvalue weighted by atomic mass is 9.71. The van der Waals surface area contributed by atoms with E-state index in [0.717, 1.165) is 50.9 Å². The van der Waals surface area contributed by atoms with E-state index in [9.17, 15) is 9.59 Å². The maximum Gasteiger partial charge on any atom is 0.407 e. The number of alkyl carbamates (subject to hydrolysis) is 1. The average Bonchev–Trinajstić information content (AvgIpc) is 2.85.